The van der Waals surface area contributed by atoms with E-state index in [2.05, 4.69) is 0 Å². The summed E-state index contributed by atoms with van der Waals surface area (Å²) < 4.78 is 37.3. The van der Waals surface area contributed by atoms with Crippen molar-refractivity contribution in [3.05, 3.63) is 96.2 Å². The summed E-state index contributed by atoms with van der Waals surface area (Å²) in [6.45, 7) is 0.359. The molecule has 31 heavy (non-hydrogen) atoms. The maximum atomic E-state index is 13.9. The van der Waals surface area contributed by atoms with Gasteiger partial charge >= 0.3 is 5.97 Å². The number of carbonyl (C=O) groups excluding carboxylic acids is 1. The van der Waals surface area contributed by atoms with Crippen molar-refractivity contribution >= 4 is 26.4 Å². The van der Waals surface area contributed by atoms with Gasteiger partial charge in [0.2, 0.25) is 0 Å². The summed E-state index contributed by atoms with van der Waals surface area (Å²) in [5.74, 6) is -0.0586. The topological polar surface area (TPSA) is 77.8 Å². The number of ether oxygens (including phenoxy) is 2. The molecule has 1 heterocycles. The second-order valence-corrected chi connectivity index (χ2v) is 10.7. The van der Waals surface area contributed by atoms with Gasteiger partial charge in [0.05, 0.1) is 23.1 Å². The van der Waals surface area contributed by atoms with E-state index in [1.54, 1.807) is 48.5 Å². The number of aromatic nitrogens is 1. The van der Waals surface area contributed by atoms with Crippen molar-refractivity contribution in [2.45, 2.75) is 11.5 Å². The lowest BCUT2D eigenvalue weighted by atomic mass is 10.1. The summed E-state index contributed by atoms with van der Waals surface area (Å²) in [7, 11) is -3.25. The van der Waals surface area contributed by atoms with Crippen LogP contribution in [0, 0.1) is 0 Å². The Kier molecular flexibility index (Phi) is 5.16. The maximum absolute atomic E-state index is 13.9. The van der Waals surface area contributed by atoms with Gasteiger partial charge in [-0.05, 0) is 35.9 Å². The van der Waals surface area contributed by atoms with E-state index in [9.17, 15) is 13.6 Å². The highest BCUT2D eigenvalue weighted by Crippen LogP contribution is 2.38. The van der Waals surface area contributed by atoms with Crippen molar-refractivity contribution in [3.63, 3.8) is 0 Å². The Morgan fingerprint density at radius 2 is 1.65 bits per heavy atom. The van der Waals surface area contributed by atoms with Crippen molar-refractivity contribution in [3.8, 4) is 5.75 Å². The number of carbonyl (C=O) groups is 1. The molecule has 0 atom stereocenters. The van der Waals surface area contributed by atoms with Crippen LogP contribution in [0.2, 0.25) is 0 Å². The third-order valence-electron chi connectivity index (χ3n) is 5.14. The number of hydrogen-bond acceptors (Lipinski definition) is 4. The number of esters is 1. The molecule has 0 saturated heterocycles. The van der Waals surface area contributed by atoms with Gasteiger partial charge in [-0.15, -0.1) is 0 Å². The molecule has 0 bridgehead atoms. The second kappa shape index (κ2) is 7.68. The van der Waals surface area contributed by atoms with E-state index in [0.29, 0.717) is 23.3 Å². The molecule has 0 fully saturated rings. The van der Waals surface area contributed by atoms with E-state index < -0.39 is 15.5 Å². The molecule has 0 aliphatic heterocycles. The molecular weight excluding hydrogens is 414 g/mol. The molecule has 0 unspecified atom stereocenters. The minimum atomic E-state index is -4.52. The largest absolute Gasteiger partial charge is 0.489 e. The molecule has 1 N–H and O–H groups in total. The lowest BCUT2D eigenvalue weighted by molar-refractivity contribution is 0.0603. The first-order valence-electron chi connectivity index (χ1n) is 9.64. The molecule has 0 radical (unpaired) electrons. The third-order valence-corrected chi connectivity index (χ3v) is 7.73. The minimum absolute atomic E-state index is 0.188. The van der Waals surface area contributed by atoms with Crippen LogP contribution in [0.3, 0.4) is 0 Å². The number of nitrogens with zero attached hydrogens (tertiary/aromatic N) is 1. The van der Waals surface area contributed by atoms with Gasteiger partial charge in [0, 0.05) is 17.8 Å². The Hall–Kier alpha value is -3.42. The fraction of sp³-hybridized carbons (Fsp3) is 0.125. The third kappa shape index (κ3) is 3.85. The molecule has 0 aliphatic carbocycles. The van der Waals surface area contributed by atoms with E-state index in [0.717, 1.165) is 5.56 Å². The standard InChI is InChI=1S/C24H23NO5S/c1-29-24(26)22-16-25(31(2,27,28)20-11-7-4-8-12-20)23-14-13-19(15-21(22)23)30-17-18-9-5-3-6-10-18/h3-16H,17H2,1-2H3,(H,27,28). The summed E-state index contributed by atoms with van der Waals surface area (Å²) in [6, 6.07) is 23.2. The van der Waals surface area contributed by atoms with Gasteiger partial charge in [0.1, 0.15) is 12.4 Å². The molecule has 4 aromatic rings. The van der Waals surface area contributed by atoms with Gasteiger partial charge in [-0.2, -0.15) is 4.21 Å². The fourth-order valence-electron chi connectivity index (χ4n) is 3.49. The highest BCUT2D eigenvalue weighted by atomic mass is 32.3. The Morgan fingerprint density at radius 1 is 1.00 bits per heavy atom. The Labute approximate surface area is 180 Å². The number of methoxy groups -OCH3 is 1. The number of benzene rings is 3. The van der Waals surface area contributed by atoms with Crippen LogP contribution < -0.4 is 4.74 Å². The summed E-state index contributed by atoms with van der Waals surface area (Å²) in [4.78, 5) is 12.7. The van der Waals surface area contributed by atoms with Crippen LogP contribution in [0.5, 0.6) is 5.75 Å². The van der Waals surface area contributed by atoms with Gasteiger partial charge in [-0.1, -0.05) is 58.1 Å². The van der Waals surface area contributed by atoms with Crippen LogP contribution in [-0.2, 0) is 20.9 Å². The zero-order valence-corrected chi connectivity index (χ0v) is 18.0. The molecule has 6 nitrogen and oxygen atoms in total. The molecule has 4 rings (SSSR count). The first kappa shape index (κ1) is 20.8. The normalized spacial score (nSPS) is 12.8. The van der Waals surface area contributed by atoms with Crippen molar-refractivity contribution in [1.82, 2.24) is 3.97 Å². The summed E-state index contributed by atoms with van der Waals surface area (Å²) in [5.41, 5.74) is 1.62. The van der Waals surface area contributed by atoms with E-state index in [1.165, 1.54) is 23.5 Å². The summed E-state index contributed by atoms with van der Waals surface area (Å²) >= 11 is 0. The second-order valence-electron chi connectivity index (χ2n) is 7.36. The van der Waals surface area contributed by atoms with Gasteiger partial charge in [0.15, 0.2) is 0 Å². The highest BCUT2D eigenvalue weighted by Gasteiger charge is 2.30. The fourth-order valence-corrected chi connectivity index (χ4v) is 5.47. The van der Waals surface area contributed by atoms with E-state index in [-0.39, 0.29) is 10.5 Å². The van der Waals surface area contributed by atoms with Crippen LogP contribution in [0.15, 0.2) is 90.0 Å². The molecule has 0 amide bonds. The van der Waals surface area contributed by atoms with E-state index in [4.69, 9.17) is 9.47 Å². The van der Waals surface area contributed by atoms with Crippen molar-refractivity contribution < 1.29 is 23.0 Å². The predicted molar refractivity (Wildman–Crippen MR) is 121 cm³/mol. The van der Waals surface area contributed by atoms with E-state index in [1.807, 2.05) is 30.3 Å². The molecule has 0 aliphatic rings. The monoisotopic (exact) mass is 437 g/mol. The van der Waals surface area contributed by atoms with Crippen molar-refractivity contribution in [2.24, 2.45) is 0 Å². The molecule has 0 saturated carbocycles. The zero-order chi connectivity index (χ0) is 22.1. The van der Waals surface area contributed by atoms with Crippen molar-refractivity contribution in [2.75, 3.05) is 13.4 Å². The quantitative estimate of drug-likeness (QED) is 0.441. The molecule has 1 aromatic heterocycles. The smallest absolute Gasteiger partial charge is 0.340 e. The molecule has 0 spiro atoms. The van der Waals surface area contributed by atoms with Crippen LogP contribution in [0.4, 0.5) is 0 Å². The van der Waals surface area contributed by atoms with Gasteiger partial charge in [-0.3, -0.25) is 4.55 Å². The Balaban J connectivity index is 1.83. The first-order valence-corrected chi connectivity index (χ1v) is 11.9. The SMILES string of the molecule is COC(=O)c1cn(S(C)(=O)(O)c2ccccc2)c2ccc(OCc3ccccc3)cc12. The van der Waals surface area contributed by atoms with Crippen LogP contribution in [0.25, 0.3) is 10.9 Å². The van der Waals surface area contributed by atoms with E-state index >= 15 is 0 Å². The average Bonchev–Trinajstić information content (AvgIpc) is 3.18. The summed E-state index contributed by atoms with van der Waals surface area (Å²) in [5, 5.41) is 0.475. The van der Waals surface area contributed by atoms with Crippen molar-refractivity contribution in [1.29, 1.82) is 0 Å². The van der Waals surface area contributed by atoms with Crippen LogP contribution in [-0.4, -0.2) is 32.1 Å². The van der Waals surface area contributed by atoms with Gasteiger partial charge < -0.3 is 9.47 Å². The van der Waals surface area contributed by atoms with Crippen LogP contribution in [0.1, 0.15) is 15.9 Å². The zero-order valence-electron chi connectivity index (χ0n) is 17.2. The van der Waals surface area contributed by atoms with Gasteiger partial charge in [0.25, 0.3) is 0 Å². The first-order chi connectivity index (χ1) is 14.8. The average molecular weight is 438 g/mol. The van der Waals surface area contributed by atoms with Gasteiger partial charge in [-0.25, -0.2) is 8.77 Å². The number of hydrogen-bond donors (Lipinski definition) is 1. The van der Waals surface area contributed by atoms with Crippen LogP contribution >= 0.6 is 0 Å². The minimum Gasteiger partial charge on any atom is -0.489 e. The lowest BCUT2D eigenvalue weighted by Gasteiger charge is -2.41. The predicted octanol–water partition coefficient (Wildman–Crippen LogP) is 4.75. The number of rotatable bonds is 6. The molecule has 3 aromatic carbocycles. The molecule has 7 heteroatoms. The Morgan fingerprint density at radius 3 is 2.29 bits per heavy atom. The molecular formula is C24H23NO5S. The molecule has 160 valence electrons. The Bertz CT molecular complexity index is 1310. The lowest BCUT2D eigenvalue weighted by Crippen LogP contribution is -2.38. The number of fused-ring (bicyclic) bond motifs is 1. The maximum Gasteiger partial charge on any atom is 0.340 e. The summed E-state index contributed by atoms with van der Waals surface area (Å²) in [6.07, 6.45) is 2.65. The highest BCUT2D eigenvalue weighted by molar-refractivity contribution is 8.13.